The van der Waals surface area contributed by atoms with Crippen LogP contribution in [0.2, 0.25) is 0 Å². The first-order chi connectivity index (χ1) is 9.61. The number of benzene rings is 1. The molecule has 0 amide bonds. The third-order valence-corrected chi connectivity index (χ3v) is 3.75. The predicted molar refractivity (Wildman–Crippen MR) is 71.0 cm³/mol. The zero-order valence-corrected chi connectivity index (χ0v) is 10.7. The Balaban J connectivity index is 1.95. The maximum atomic E-state index is 10.1. The molecule has 1 fully saturated rings. The van der Waals surface area contributed by atoms with Crippen molar-refractivity contribution in [1.29, 1.82) is 0 Å². The van der Waals surface area contributed by atoms with Crippen molar-refractivity contribution in [3.8, 4) is 0 Å². The van der Waals surface area contributed by atoms with Crippen LogP contribution < -0.4 is 0 Å². The highest BCUT2D eigenvalue weighted by Gasteiger charge is 2.44. The second kappa shape index (κ2) is 5.16. The van der Waals surface area contributed by atoms with Gasteiger partial charge in [-0.3, -0.25) is 0 Å². The summed E-state index contributed by atoms with van der Waals surface area (Å²) in [5, 5.41) is 39.8. The first-order valence-electron chi connectivity index (χ1n) is 6.50. The Hall–Kier alpha value is -1.44. The SMILES string of the molecule is OC[C@H]1OC(c2cc3ccccc3[nH]2)[C@H](O)[C@@H](O)[C@@H]1O. The van der Waals surface area contributed by atoms with Gasteiger partial charge in [0.15, 0.2) is 0 Å². The average Bonchev–Trinajstić information content (AvgIpc) is 2.89. The monoisotopic (exact) mass is 279 g/mol. The van der Waals surface area contributed by atoms with Crippen molar-refractivity contribution < 1.29 is 25.2 Å². The summed E-state index contributed by atoms with van der Waals surface area (Å²) < 4.78 is 5.50. The number of para-hydroxylation sites is 1. The third-order valence-electron chi connectivity index (χ3n) is 3.75. The van der Waals surface area contributed by atoms with Crippen LogP contribution in [-0.4, -0.2) is 56.4 Å². The van der Waals surface area contributed by atoms with E-state index in [0.717, 1.165) is 10.9 Å². The van der Waals surface area contributed by atoms with Crippen LogP contribution in [0.1, 0.15) is 11.8 Å². The molecule has 5 atom stereocenters. The lowest BCUT2D eigenvalue weighted by molar-refractivity contribution is -0.232. The van der Waals surface area contributed by atoms with Gasteiger partial charge in [-0.2, -0.15) is 0 Å². The van der Waals surface area contributed by atoms with Gasteiger partial charge >= 0.3 is 0 Å². The van der Waals surface area contributed by atoms with Crippen LogP contribution >= 0.6 is 0 Å². The molecule has 2 aromatic rings. The quantitative estimate of drug-likeness (QED) is 0.518. The number of aromatic nitrogens is 1. The van der Waals surface area contributed by atoms with E-state index in [-0.39, 0.29) is 0 Å². The molecule has 1 aromatic heterocycles. The lowest BCUT2D eigenvalue weighted by Gasteiger charge is -2.39. The van der Waals surface area contributed by atoms with Crippen molar-refractivity contribution in [2.45, 2.75) is 30.5 Å². The van der Waals surface area contributed by atoms with Gasteiger partial charge in [0.05, 0.1) is 6.61 Å². The molecule has 0 radical (unpaired) electrons. The molecule has 1 aliphatic rings. The molecule has 5 N–H and O–H groups in total. The van der Waals surface area contributed by atoms with Crippen molar-refractivity contribution >= 4 is 10.9 Å². The van der Waals surface area contributed by atoms with Crippen LogP contribution in [0.4, 0.5) is 0 Å². The van der Waals surface area contributed by atoms with E-state index in [2.05, 4.69) is 4.98 Å². The van der Waals surface area contributed by atoms with E-state index < -0.39 is 37.1 Å². The van der Waals surface area contributed by atoms with Crippen molar-refractivity contribution in [1.82, 2.24) is 4.98 Å². The maximum absolute atomic E-state index is 10.1. The van der Waals surface area contributed by atoms with Crippen LogP contribution in [-0.2, 0) is 4.74 Å². The van der Waals surface area contributed by atoms with Gasteiger partial charge in [-0.15, -0.1) is 0 Å². The largest absolute Gasteiger partial charge is 0.394 e. The number of H-pyrrole nitrogens is 1. The zero-order valence-electron chi connectivity index (χ0n) is 10.7. The molecule has 6 heteroatoms. The van der Waals surface area contributed by atoms with Gasteiger partial charge in [0.25, 0.3) is 0 Å². The molecule has 3 rings (SSSR count). The molecule has 6 nitrogen and oxygen atoms in total. The highest BCUT2D eigenvalue weighted by Crippen LogP contribution is 2.33. The molecule has 20 heavy (non-hydrogen) atoms. The normalized spacial score (nSPS) is 34.5. The lowest BCUT2D eigenvalue weighted by Crippen LogP contribution is -2.55. The van der Waals surface area contributed by atoms with Crippen molar-refractivity contribution in [2.24, 2.45) is 0 Å². The number of rotatable bonds is 2. The summed E-state index contributed by atoms with van der Waals surface area (Å²) >= 11 is 0. The predicted octanol–water partition coefficient (Wildman–Crippen LogP) is -0.317. The fourth-order valence-electron chi connectivity index (χ4n) is 2.61. The van der Waals surface area contributed by atoms with E-state index in [0.29, 0.717) is 5.69 Å². The standard InChI is InChI=1S/C14H17NO5/c16-6-10-11(17)12(18)13(19)14(20-10)9-5-7-3-1-2-4-8(7)15-9/h1-5,10-19H,6H2/t10-,11-,12+,13-,14?/m1/s1. The Labute approximate surface area is 115 Å². The summed E-state index contributed by atoms with van der Waals surface area (Å²) in [5.74, 6) is 0. The van der Waals surface area contributed by atoms with E-state index in [1.165, 1.54) is 0 Å². The van der Waals surface area contributed by atoms with Gasteiger partial charge in [-0.05, 0) is 17.5 Å². The van der Waals surface area contributed by atoms with E-state index >= 15 is 0 Å². The second-order valence-corrected chi connectivity index (χ2v) is 5.06. The Morgan fingerprint density at radius 2 is 1.80 bits per heavy atom. The first-order valence-corrected chi connectivity index (χ1v) is 6.50. The van der Waals surface area contributed by atoms with Gasteiger partial charge < -0.3 is 30.1 Å². The Morgan fingerprint density at radius 1 is 1.05 bits per heavy atom. The minimum atomic E-state index is -1.36. The summed E-state index contributed by atoms with van der Waals surface area (Å²) in [6.07, 6.45) is -5.68. The Bertz CT molecular complexity index is 563. The maximum Gasteiger partial charge on any atom is 0.126 e. The molecular weight excluding hydrogens is 262 g/mol. The summed E-state index contributed by atoms with van der Waals surface area (Å²) in [6, 6.07) is 9.41. The third kappa shape index (κ3) is 2.11. The smallest absolute Gasteiger partial charge is 0.126 e. The number of ether oxygens (including phenoxy) is 1. The number of aliphatic hydroxyl groups excluding tert-OH is 4. The van der Waals surface area contributed by atoms with Crippen molar-refractivity contribution in [2.75, 3.05) is 6.61 Å². The van der Waals surface area contributed by atoms with Crippen LogP contribution in [0, 0.1) is 0 Å². The number of nitrogens with one attached hydrogen (secondary N) is 1. The molecule has 2 heterocycles. The lowest BCUT2D eigenvalue weighted by atomic mass is 9.93. The Morgan fingerprint density at radius 3 is 2.50 bits per heavy atom. The van der Waals surface area contributed by atoms with Crippen LogP contribution in [0.15, 0.2) is 30.3 Å². The number of hydrogen-bond donors (Lipinski definition) is 5. The van der Waals surface area contributed by atoms with E-state index in [4.69, 9.17) is 4.74 Å². The number of hydrogen-bond acceptors (Lipinski definition) is 5. The van der Waals surface area contributed by atoms with Gasteiger partial charge in [-0.25, -0.2) is 0 Å². The number of aliphatic hydroxyl groups is 4. The average molecular weight is 279 g/mol. The first kappa shape index (κ1) is 13.5. The summed E-state index contributed by atoms with van der Waals surface area (Å²) in [4.78, 5) is 3.12. The topological polar surface area (TPSA) is 106 Å². The molecule has 0 saturated carbocycles. The van der Waals surface area contributed by atoms with E-state index in [1.54, 1.807) is 0 Å². The van der Waals surface area contributed by atoms with Crippen molar-refractivity contribution in [3.05, 3.63) is 36.0 Å². The van der Waals surface area contributed by atoms with E-state index in [9.17, 15) is 20.4 Å². The van der Waals surface area contributed by atoms with Crippen LogP contribution in [0.25, 0.3) is 10.9 Å². The molecule has 1 aromatic carbocycles. The van der Waals surface area contributed by atoms with E-state index in [1.807, 2.05) is 30.3 Å². The summed E-state index contributed by atoms with van der Waals surface area (Å²) in [5.41, 5.74) is 1.49. The number of aromatic amines is 1. The number of fused-ring (bicyclic) bond motifs is 1. The van der Waals surface area contributed by atoms with Crippen molar-refractivity contribution in [3.63, 3.8) is 0 Å². The molecule has 1 saturated heterocycles. The summed E-state index contributed by atoms with van der Waals surface area (Å²) in [7, 11) is 0. The van der Waals surface area contributed by atoms with Gasteiger partial charge in [0.1, 0.15) is 30.5 Å². The summed E-state index contributed by atoms with van der Waals surface area (Å²) in [6.45, 7) is -0.429. The minimum absolute atomic E-state index is 0.429. The molecule has 1 aliphatic heterocycles. The molecular formula is C14H17NO5. The molecule has 1 unspecified atom stereocenters. The molecule has 0 aliphatic carbocycles. The molecule has 108 valence electrons. The highest BCUT2D eigenvalue weighted by molar-refractivity contribution is 5.80. The second-order valence-electron chi connectivity index (χ2n) is 5.06. The van der Waals surface area contributed by atoms with Crippen LogP contribution in [0.5, 0.6) is 0 Å². The fourth-order valence-corrected chi connectivity index (χ4v) is 2.61. The van der Waals surface area contributed by atoms with Crippen LogP contribution in [0.3, 0.4) is 0 Å². The van der Waals surface area contributed by atoms with Gasteiger partial charge in [-0.1, -0.05) is 18.2 Å². The van der Waals surface area contributed by atoms with Gasteiger partial charge in [0, 0.05) is 11.2 Å². The highest BCUT2D eigenvalue weighted by atomic mass is 16.5. The molecule has 0 spiro atoms. The fraction of sp³-hybridized carbons (Fsp3) is 0.429. The zero-order chi connectivity index (χ0) is 14.3. The Kier molecular flexibility index (Phi) is 3.49. The molecule has 0 bridgehead atoms. The van der Waals surface area contributed by atoms with Gasteiger partial charge in [0.2, 0.25) is 0 Å². The minimum Gasteiger partial charge on any atom is -0.394 e.